The third-order valence-corrected chi connectivity index (χ3v) is 21.1. The first-order chi connectivity index (χ1) is 65.4. The molecule has 0 saturated heterocycles. The van der Waals surface area contributed by atoms with Crippen molar-refractivity contribution in [3.05, 3.63) is 445 Å². The molecule has 15 heteroatoms. The fourth-order valence-corrected chi connectivity index (χ4v) is 15.1. The van der Waals surface area contributed by atoms with Gasteiger partial charge < -0.3 is 30.1 Å². The average Bonchev–Trinajstić information content (AvgIpc) is 0.781. The van der Waals surface area contributed by atoms with Crippen LogP contribution in [0.25, 0.3) is 123 Å². The van der Waals surface area contributed by atoms with E-state index in [0.717, 1.165) is 114 Å². The topological polar surface area (TPSA) is 152 Å². The number of hydrogen-bond acceptors (Lipinski definition) is 10. The Hall–Kier alpha value is -12.2. The molecule has 17 aromatic rings. The first kappa shape index (κ1) is 117. The number of carbonyl (C=O) groups is 2. The molecule has 6 heterocycles. The van der Waals surface area contributed by atoms with E-state index < -0.39 is 0 Å². The maximum absolute atomic E-state index is 13.5. The number of carbonyl (C=O) groups excluding carboxylic acids is 2. The van der Waals surface area contributed by atoms with E-state index in [0.29, 0.717) is 42.4 Å². The zero-order chi connectivity index (χ0) is 97.4. The van der Waals surface area contributed by atoms with Gasteiger partial charge in [0.05, 0.1) is 22.6 Å². The maximum Gasteiger partial charge on any atom is 0.159 e. The summed E-state index contributed by atoms with van der Waals surface area (Å²) >= 11 is 0. The molecule has 0 fully saturated rings. The van der Waals surface area contributed by atoms with E-state index in [1.807, 2.05) is 211 Å². The summed E-state index contributed by atoms with van der Waals surface area (Å²) in [7, 11) is 0. The van der Waals surface area contributed by atoms with Crippen LogP contribution in [0.1, 0.15) is 140 Å². The number of allylic oxidation sites excluding steroid dienone is 4. The molecule has 0 aliphatic carbocycles. The van der Waals surface area contributed by atoms with Gasteiger partial charge >= 0.3 is 0 Å². The quantitative estimate of drug-likeness (QED) is 0.0404. The van der Waals surface area contributed by atoms with Crippen molar-refractivity contribution < 1.29 is 105 Å². The molecule has 728 valence electrons. The Bertz CT molecular complexity index is 6650. The van der Waals surface area contributed by atoms with Gasteiger partial charge in [0.25, 0.3) is 0 Å². The van der Waals surface area contributed by atoms with Gasteiger partial charge in [0.15, 0.2) is 11.6 Å². The zero-order valence-electron chi connectivity index (χ0n) is 82.9. The number of fused-ring (bicyclic) bond motifs is 2. The molecule has 0 saturated carbocycles. The van der Waals surface area contributed by atoms with Gasteiger partial charge in [0, 0.05) is 147 Å². The molecule has 11 aromatic carbocycles. The van der Waals surface area contributed by atoms with E-state index >= 15 is 0 Å². The van der Waals surface area contributed by atoms with Crippen LogP contribution in [0.5, 0.6) is 0 Å². The molecular formula is C125H125FIr4N6O4-6. The number of halogens is 1. The summed E-state index contributed by atoms with van der Waals surface area (Å²) in [6, 6.07) is 123. The van der Waals surface area contributed by atoms with Crippen LogP contribution in [-0.4, -0.2) is 51.7 Å². The van der Waals surface area contributed by atoms with Gasteiger partial charge in [-0.1, -0.05) is 222 Å². The molecule has 0 aliphatic rings. The van der Waals surface area contributed by atoms with Gasteiger partial charge in [-0.2, -0.15) is 0 Å². The number of aliphatic hydroxyl groups is 2. The minimum Gasteiger partial charge on any atom is -0.512 e. The van der Waals surface area contributed by atoms with Gasteiger partial charge in [-0.05, 0) is 216 Å². The van der Waals surface area contributed by atoms with Crippen molar-refractivity contribution >= 4 is 33.4 Å². The number of nitrogens with zero attached hydrogens (tertiary/aromatic N) is 6. The summed E-state index contributed by atoms with van der Waals surface area (Å²) < 4.78 is 13.5. The largest absolute Gasteiger partial charge is 0.512 e. The molecule has 0 aliphatic heterocycles. The number of hydrogen-bond donors (Lipinski definition) is 2. The van der Waals surface area contributed by atoms with Gasteiger partial charge in [-0.15, -0.1) is 214 Å². The number of aryl methyl sites for hydroxylation is 5. The van der Waals surface area contributed by atoms with Gasteiger partial charge in [0.2, 0.25) is 0 Å². The van der Waals surface area contributed by atoms with Gasteiger partial charge in [0.1, 0.15) is 5.82 Å². The minimum atomic E-state index is -0.215. The first-order valence-corrected chi connectivity index (χ1v) is 46.6. The van der Waals surface area contributed by atoms with Crippen LogP contribution in [0.15, 0.2) is 358 Å². The van der Waals surface area contributed by atoms with Gasteiger partial charge in [-0.25, -0.2) is 4.39 Å². The molecule has 0 spiro atoms. The Morgan fingerprint density at radius 1 is 0.350 bits per heavy atom. The Kier molecular flexibility index (Phi) is 50.5. The second-order valence-corrected chi connectivity index (χ2v) is 36.0. The summed E-state index contributed by atoms with van der Waals surface area (Å²) in [5, 5.41) is 19.9. The van der Waals surface area contributed by atoms with Crippen molar-refractivity contribution in [3.8, 4) is 101 Å². The summed E-state index contributed by atoms with van der Waals surface area (Å²) in [5.41, 5.74) is 31.1. The van der Waals surface area contributed by atoms with Crippen LogP contribution < -0.4 is 0 Å². The Morgan fingerprint density at radius 2 is 0.786 bits per heavy atom. The predicted octanol–water partition coefficient (Wildman–Crippen LogP) is 32.0. The second kappa shape index (κ2) is 60.7. The number of ketones is 2. The molecule has 0 amide bonds. The normalized spacial score (nSPS) is 10.7. The SMILES string of the molecule is CC(=O)C=C(C)O.CC(C)CC(=O)C=C(O)CC(C)C.CC(C)Cc1cc(-c2[c-]cccc2)nc2ccc(F)cc12.CC(C)Cc1ccc(-c2ccnc(-c3[c-]cccc3)c2)cc1.Cc1[c-]c(-c2cc(CC(C)C)c3cc(-c4ccccc4)ccc3n2)cc(C)c1.Cc1cc(-c2[c-]cccc2)ncc1-c1ccccc1.Cc1ccc(-c2[c-]cccc2)nc1.Cc1ccnc(-c2[c-]cccc2)c1.[Ir].[Ir].[Ir].[Ir]. The third kappa shape index (κ3) is 39.5. The fraction of sp³-hybridized carbons (Fsp3) is 0.216. The molecular weight excluding hydrogens is 2440 g/mol. The average molecular weight is 2560 g/mol. The fourth-order valence-electron chi connectivity index (χ4n) is 15.1. The molecule has 0 unspecified atom stereocenters. The van der Waals surface area contributed by atoms with E-state index in [1.165, 1.54) is 104 Å². The Labute approximate surface area is 885 Å². The first-order valence-electron chi connectivity index (χ1n) is 46.6. The summed E-state index contributed by atoms with van der Waals surface area (Å²) in [6.07, 6.45) is 14.2. The van der Waals surface area contributed by atoms with Crippen molar-refractivity contribution in [1.82, 2.24) is 29.9 Å². The monoisotopic (exact) mass is 2560 g/mol. The molecule has 6 aromatic heterocycles. The maximum atomic E-state index is 13.5. The van der Waals surface area contributed by atoms with Crippen LogP contribution in [0.2, 0.25) is 0 Å². The minimum absolute atomic E-state index is 0. The number of rotatable bonds is 21. The van der Waals surface area contributed by atoms with Crippen LogP contribution in [0, 0.1) is 106 Å². The number of aromatic nitrogens is 6. The van der Waals surface area contributed by atoms with Crippen molar-refractivity contribution in [3.63, 3.8) is 0 Å². The smallest absolute Gasteiger partial charge is 0.159 e. The molecule has 140 heavy (non-hydrogen) atoms. The van der Waals surface area contributed by atoms with E-state index in [2.05, 4.69) is 270 Å². The van der Waals surface area contributed by atoms with Crippen LogP contribution in [0.4, 0.5) is 4.39 Å². The van der Waals surface area contributed by atoms with Crippen molar-refractivity contribution in [2.24, 2.45) is 29.6 Å². The van der Waals surface area contributed by atoms with E-state index in [-0.39, 0.29) is 109 Å². The summed E-state index contributed by atoms with van der Waals surface area (Å²) in [6.45, 7) is 34.7. The standard InChI is InChI=1S/C27H26N.C21H20N.C19H17FN.C18H14N.2C12H10N.C11H20O2.C5H8O2.4Ir/c1-18(2)12-23-17-27(24-14-19(3)13-20(4)15-24)28-26-11-10-22(16-25(23)26)21-8-6-5-7-9-21;1-16(2)14-17-8-10-18(11-9-17)20-12-13-22-21(15-20)19-6-4-3-5-7-19;1-13(2)10-15-11-19(14-6-4-3-5-7-14)21-18-9-8-16(20)12-17(15)18;1-14-12-18(16-10-6-3-7-11-16)19-13-17(14)15-8-4-2-5-9-15;1-10-7-8-13-12(9-10)11-5-3-2-4-6-11;1-10-7-8-12(13-9-10)11-5-3-2-4-6-11;1-8(2)5-10(12)7-11(13)6-9(3)4;1-4(6)3-5(2)7;;;;/h5-11,13-14,16-18H,12H2,1-4H3;3-6,8-13,15-16H,14H2,1-2H3;3-6,8-9,11-13H,10H2,1-2H3;2-10,12-13H,1H3;2*2-5,7-9H,1H3;7-9,12H,5-6H2,1-4H3;3,6H,1-2H3;;;;/q6*-1;;;;;;. The number of aliphatic hydroxyl groups excluding tert-OH is 2. The Balaban J connectivity index is 0.000000250. The Morgan fingerprint density at radius 3 is 1.24 bits per heavy atom. The zero-order valence-corrected chi connectivity index (χ0v) is 92.5. The molecule has 0 atom stereocenters. The summed E-state index contributed by atoms with van der Waals surface area (Å²) in [4.78, 5) is 48.5. The molecule has 0 bridgehead atoms. The van der Waals surface area contributed by atoms with E-state index in [1.54, 1.807) is 12.1 Å². The molecule has 17 rings (SSSR count). The third-order valence-electron chi connectivity index (χ3n) is 21.1. The van der Waals surface area contributed by atoms with E-state index in [9.17, 15) is 19.1 Å². The molecule has 2 N–H and O–H groups in total. The van der Waals surface area contributed by atoms with Crippen LogP contribution in [-0.2, 0) is 109 Å². The summed E-state index contributed by atoms with van der Waals surface area (Å²) in [5.74, 6) is 2.48. The van der Waals surface area contributed by atoms with Crippen LogP contribution in [0.3, 0.4) is 0 Å². The second-order valence-electron chi connectivity index (χ2n) is 36.0. The molecule has 4 radical (unpaired) electrons. The van der Waals surface area contributed by atoms with Gasteiger partial charge in [-0.3, -0.25) is 19.6 Å². The molecule has 10 nitrogen and oxygen atoms in total. The van der Waals surface area contributed by atoms with Crippen molar-refractivity contribution in [1.29, 1.82) is 0 Å². The van der Waals surface area contributed by atoms with Crippen LogP contribution >= 0.6 is 0 Å². The predicted molar refractivity (Wildman–Crippen MR) is 563 cm³/mol. The van der Waals surface area contributed by atoms with E-state index in [4.69, 9.17) is 10.1 Å². The van der Waals surface area contributed by atoms with Crippen molar-refractivity contribution in [2.45, 2.75) is 150 Å². The number of benzene rings is 11. The number of pyridine rings is 6. The van der Waals surface area contributed by atoms with Crippen molar-refractivity contribution in [2.75, 3.05) is 0 Å².